The number of aromatic nitrogens is 3. The first-order valence-electron chi connectivity index (χ1n) is 4.70. The molecule has 2 rings (SSSR count). The zero-order valence-electron chi connectivity index (χ0n) is 8.42. The van der Waals surface area contributed by atoms with E-state index in [0.717, 1.165) is 5.56 Å². The molecule has 0 saturated heterocycles. The van der Waals surface area contributed by atoms with E-state index in [1.807, 2.05) is 12.1 Å². The van der Waals surface area contributed by atoms with Crippen LogP contribution in [0, 0.1) is 11.3 Å². The normalized spacial score (nSPS) is 9.94. The van der Waals surface area contributed by atoms with Gasteiger partial charge in [-0.15, -0.1) is 0 Å². The first-order valence-corrected chi connectivity index (χ1v) is 4.70. The van der Waals surface area contributed by atoms with E-state index >= 15 is 0 Å². The van der Waals surface area contributed by atoms with Gasteiger partial charge >= 0.3 is 0 Å². The Kier molecular flexibility index (Phi) is 3.21. The van der Waals surface area contributed by atoms with E-state index in [-0.39, 0.29) is 0 Å². The van der Waals surface area contributed by atoms with Crippen molar-refractivity contribution >= 4 is 0 Å². The number of nitrogens with zero attached hydrogens (tertiary/aromatic N) is 4. The number of rotatable bonds is 4. The molecule has 0 radical (unpaired) electrons. The standard InChI is InChI=1S/C10H9N5O/c11-4-9-8(2-1-3-13-9)5-12-6-10-14-7-16-15-10/h1-3,7,12H,5-6H2. The van der Waals surface area contributed by atoms with Gasteiger partial charge in [-0.1, -0.05) is 11.2 Å². The number of hydrogen-bond acceptors (Lipinski definition) is 6. The van der Waals surface area contributed by atoms with E-state index in [2.05, 4.69) is 25.0 Å². The van der Waals surface area contributed by atoms with Crippen molar-refractivity contribution in [3.63, 3.8) is 0 Å². The molecule has 0 bridgehead atoms. The van der Waals surface area contributed by atoms with Crippen LogP contribution in [0.2, 0.25) is 0 Å². The van der Waals surface area contributed by atoms with Crippen molar-refractivity contribution in [3.8, 4) is 6.07 Å². The predicted molar refractivity (Wildman–Crippen MR) is 53.8 cm³/mol. The Morgan fingerprint density at radius 2 is 2.31 bits per heavy atom. The maximum absolute atomic E-state index is 8.82. The molecule has 6 nitrogen and oxygen atoms in total. The lowest BCUT2D eigenvalue weighted by Gasteiger charge is -2.02. The summed E-state index contributed by atoms with van der Waals surface area (Å²) in [5.74, 6) is 0.586. The molecular weight excluding hydrogens is 206 g/mol. The molecule has 0 aliphatic heterocycles. The highest BCUT2D eigenvalue weighted by Crippen LogP contribution is 2.03. The van der Waals surface area contributed by atoms with Crippen LogP contribution in [0.3, 0.4) is 0 Å². The predicted octanol–water partition coefficient (Wildman–Crippen LogP) is 0.626. The molecule has 0 unspecified atom stereocenters. The Labute approximate surface area is 91.9 Å². The molecule has 2 aromatic heterocycles. The fourth-order valence-electron chi connectivity index (χ4n) is 1.26. The monoisotopic (exact) mass is 215 g/mol. The third kappa shape index (κ3) is 2.40. The SMILES string of the molecule is N#Cc1ncccc1CNCc1ncon1. The Morgan fingerprint density at radius 3 is 3.06 bits per heavy atom. The summed E-state index contributed by atoms with van der Waals surface area (Å²) in [4.78, 5) is 7.83. The van der Waals surface area contributed by atoms with Gasteiger partial charge in [0, 0.05) is 18.3 Å². The first kappa shape index (κ1) is 10.3. The fraction of sp³-hybridized carbons (Fsp3) is 0.200. The zero-order chi connectivity index (χ0) is 11.2. The van der Waals surface area contributed by atoms with Gasteiger partial charge in [0.25, 0.3) is 0 Å². The summed E-state index contributed by atoms with van der Waals surface area (Å²) in [7, 11) is 0. The number of nitriles is 1. The van der Waals surface area contributed by atoms with Crippen LogP contribution in [0.15, 0.2) is 29.2 Å². The van der Waals surface area contributed by atoms with E-state index in [1.165, 1.54) is 6.39 Å². The molecule has 0 aliphatic rings. The zero-order valence-corrected chi connectivity index (χ0v) is 8.42. The van der Waals surface area contributed by atoms with Crippen LogP contribution in [0.25, 0.3) is 0 Å². The molecule has 6 heteroatoms. The van der Waals surface area contributed by atoms with Crippen LogP contribution in [-0.4, -0.2) is 15.1 Å². The smallest absolute Gasteiger partial charge is 0.213 e. The minimum Gasteiger partial charge on any atom is -0.343 e. The first-order chi connectivity index (χ1) is 7.90. The average molecular weight is 215 g/mol. The third-order valence-corrected chi connectivity index (χ3v) is 2.00. The molecule has 2 aromatic rings. The minimum atomic E-state index is 0.433. The van der Waals surface area contributed by atoms with Crippen molar-refractivity contribution in [3.05, 3.63) is 41.8 Å². The molecule has 0 saturated carbocycles. The fourth-order valence-corrected chi connectivity index (χ4v) is 1.26. The highest BCUT2D eigenvalue weighted by atomic mass is 16.5. The van der Waals surface area contributed by atoms with Crippen molar-refractivity contribution in [2.75, 3.05) is 0 Å². The summed E-state index contributed by atoms with van der Waals surface area (Å²) in [6.45, 7) is 1.04. The van der Waals surface area contributed by atoms with Crippen LogP contribution < -0.4 is 5.32 Å². The molecule has 1 N–H and O–H groups in total. The third-order valence-electron chi connectivity index (χ3n) is 2.00. The molecule has 0 spiro atoms. The molecule has 16 heavy (non-hydrogen) atoms. The topological polar surface area (TPSA) is 87.6 Å². The number of nitrogens with one attached hydrogen (secondary N) is 1. The molecule has 0 aliphatic carbocycles. The van der Waals surface area contributed by atoms with Gasteiger partial charge < -0.3 is 9.84 Å². The van der Waals surface area contributed by atoms with Crippen molar-refractivity contribution in [2.24, 2.45) is 0 Å². The molecular formula is C10H9N5O. The van der Waals surface area contributed by atoms with Crippen molar-refractivity contribution in [1.82, 2.24) is 20.4 Å². The maximum Gasteiger partial charge on any atom is 0.213 e. The van der Waals surface area contributed by atoms with E-state index < -0.39 is 0 Å². The largest absolute Gasteiger partial charge is 0.343 e. The van der Waals surface area contributed by atoms with Gasteiger partial charge in [0.2, 0.25) is 6.39 Å². The molecule has 80 valence electrons. The van der Waals surface area contributed by atoms with Gasteiger partial charge in [0.15, 0.2) is 5.82 Å². The van der Waals surface area contributed by atoms with Crippen molar-refractivity contribution < 1.29 is 4.52 Å². The van der Waals surface area contributed by atoms with Gasteiger partial charge in [-0.3, -0.25) is 0 Å². The summed E-state index contributed by atoms with van der Waals surface area (Å²) in [5, 5.41) is 15.6. The summed E-state index contributed by atoms with van der Waals surface area (Å²) in [6.07, 6.45) is 2.88. The summed E-state index contributed by atoms with van der Waals surface area (Å²) in [6, 6.07) is 5.69. The second-order valence-corrected chi connectivity index (χ2v) is 3.07. The highest BCUT2D eigenvalue weighted by Gasteiger charge is 2.02. The molecule has 0 fully saturated rings. The van der Waals surface area contributed by atoms with Crippen LogP contribution in [-0.2, 0) is 13.1 Å². The Morgan fingerprint density at radius 1 is 1.38 bits per heavy atom. The Bertz CT molecular complexity index is 488. The van der Waals surface area contributed by atoms with Crippen LogP contribution in [0.1, 0.15) is 17.1 Å². The molecule has 0 atom stereocenters. The van der Waals surface area contributed by atoms with Crippen molar-refractivity contribution in [1.29, 1.82) is 5.26 Å². The molecule has 0 amide bonds. The van der Waals surface area contributed by atoms with Gasteiger partial charge in [0.05, 0.1) is 6.54 Å². The van der Waals surface area contributed by atoms with Crippen LogP contribution >= 0.6 is 0 Å². The van der Waals surface area contributed by atoms with E-state index in [4.69, 9.17) is 5.26 Å². The van der Waals surface area contributed by atoms with E-state index in [1.54, 1.807) is 12.3 Å². The van der Waals surface area contributed by atoms with Crippen LogP contribution in [0.5, 0.6) is 0 Å². The number of pyridine rings is 1. The van der Waals surface area contributed by atoms with Gasteiger partial charge in [-0.2, -0.15) is 10.2 Å². The average Bonchev–Trinajstić information content (AvgIpc) is 2.83. The highest BCUT2D eigenvalue weighted by molar-refractivity contribution is 5.30. The van der Waals surface area contributed by atoms with E-state index in [9.17, 15) is 0 Å². The number of hydrogen-bond donors (Lipinski definition) is 1. The minimum absolute atomic E-state index is 0.433. The lowest BCUT2D eigenvalue weighted by atomic mass is 10.2. The summed E-state index contributed by atoms with van der Waals surface area (Å²) < 4.78 is 4.60. The van der Waals surface area contributed by atoms with E-state index in [0.29, 0.717) is 24.6 Å². The van der Waals surface area contributed by atoms with Gasteiger partial charge in [-0.05, 0) is 6.07 Å². The quantitative estimate of drug-likeness (QED) is 0.804. The lowest BCUT2D eigenvalue weighted by Crippen LogP contribution is -2.14. The summed E-state index contributed by atoms with van der Waals surface area (Å²) >= 11 is 0. The lowest BCUT2D eigenvalue weighted by molar-refractivity contribution is 0.407. The molecule has 2 heterocycles. The second kappa shape index (κ2) is 5.00. The maximum atomic E-state index is 8.82. The van der Waals surface area contributed by atoms with Crippen molar-refractivity contribution in [2.45, 2.75) is 13.1 Å². The Balaban J connectivity index is 1.93. The molecule has 0 aromatic carbocycles. The van der Waals surface area contributed by atoms with Gasteiger partial charge in [0.1, 0.15) is 11.8 Å². The van der Waals surface area contributed by atoms with Crippen LogP contribution in [0.4, 0.5) is 0 Å². The Hall–Kier alpha value is -2.26. The summed E-state index contributed by atoms with van der Waals surface area (Å²) in [5.41, 5.74) is 1.29. The second-order valence-electron chi connectivity index (χ2n) is 3.07. The van der Waals surface area contributed by atoms with Gasteiger partial charge in [-0.25, -0.2) is 4.98 Å².